The minimum absolute atomic E-state index is 0. The Morgan fingerprint density at radius 1 is 1.07 bits per heavy atom. The van der Waals surface area contributed by atoms with E-state index in [1.807, 2.05) is 30.3 Å². The van der Waals surface area contributed by atoms with Crippen molar-refractivity contribution in [2.24, 2.45) is 0 Å². The largest absolute Gasteiger partial charge is 3.00 e. The third-order valence-electron chi connectivity index (χ3n) is 1.70. The van der Waals surface area contributed by atoms with Crippen molar-refractivity contribution in [2.45, 2.75) is 13.3 Å². The average Bonchev–Trinajstić information content (AvgIpc) is 2.97. The van der Waals surface area contributed by atoms with E-state index in [1.165, 1.54) is 5.56 Å². The molecule has 2 aromatic carbocycles. The standard InChI is InChI=1S/C7H9.C5H5.C2H3.Ru/c1-2-7-5-3-4-6-7;1-2-4-5-3-1;1-2;/h3-6H,2H2,1H3;1-5H;1H,2H2;/q3*-1;+3. The van der Waals surface area contributed by atoms with E-state index in [1.54, 1.807) is 0 Å². The molecule has 2 rings (SSSR count). The monoisotopic (exact) mass is 287 g/mol. The van der Waals surface area contributed by atoms with E-state index in [4.69, 9.17) is 0 Å². The average molecular weight is 286 g/mol. The van der Waals surface area contributed by atoms with Gasteiger partial charge in [-0.05, 0) is 0 Å². The van der Waals surface area contributed by atoms with E-state index in [2.05, 4.69) is 44.3 Å². The second kappa shape index (κ2) is 13.1. The smallest absolute Gasteiger partial charge is 0.521 e. The minimum Gasteiger partial charge on any atom is -0.521 e. The quantitative estimate of drug-likeness (QED) is 0.549. The number of rotatable bonds is 1. The van der Waals surface area contributed by atoms with Crippen molar-refractivity contribution >= 4 is 0 Å². The first-order chi connectivity index (χ1) is 6.93. The topological polar surface area (TPSA) is 0 Å². The molecule has 81 valence electrons. The van der Waals surface area contributed by atoms with Crippen LogP contribution < -0.4 is 0 Å². The van der Waals surface area contributed by atoms with E-state index in [0.29, 0.717) is 0 Å². The summed E-state index contributed by atoms with van der Waals surface area (Å²) in [6.07, 6.45) is 1.16. The van der Waals surface area contributed by atoms with E-state index in [0.717, 1.165) is 6.42 Å². The molecule has 0 fully saturated rings. The Morgan fingerprint density at radius 3 is 1.73 bits per heavy atom. The van der Waals surface area contributed by atoms with Crippen LogP contribution in [-0.2, 0) is 25.9 Å². The molecule has 2 aromatic rings. The minimum atomic E-state index is 0. The summed E-state index contributed by atoms with van der Waals surface area (Å²) in [6, 6.07) is 18.4. The van der Waals surface area contributed by atoms with Crippen molar-refractivity contribution in [1.82, 2.24) is 0 Å². The van der Waals surface area contributed by atoms with Gasteiger partial charge in [-0.25, -0.2) is 24.3 Å². The van der Waals surface area contributed by atoms with Crippen molar-refractivity contribution in [1.29, 1.82) is 0 Å². The van der Waals surface area contributed by atoms with Crippen LogP contribution >= 0.6 is 0 Å². The van der Waals surface area contributed by atoms with Crippen LogP contribution in [0, 0.1) is 6.58 Å². The molecule has 0 aliphatic heterocycles. The molecule has 0 N–H and O–H groups in total. The number of aryl methyl sites for hydroxylation is 1. The fourth-order valence-corrected chi connectivity index (χ4v) is 0.970. The maximum atomic E-state index is 4.25. The van der Waals surface area contributed by atoms with Gasteiger partial charge in [-0.1, -0.05) is 13.3 Å². The Balaban J connectivity index is 0. The molecule has 0 bridgehead atoms. The van der Waals surface area contributed by atoms with E-state index in [9.17, 15) is 0 Å². The van der Waals surface area contributed by atoms with E-state index < -0.39 is 0 Å². The molecular formula is C14H17Ru. The SMILES string of the molecule is CC[c-]1cccc1.[CH-]=C.[Ru+3].c1cc[cH-]c1. The zero-order chi connectivity index (χ0) is 10.6. The van der Waals surface area contributed by atoms with Crippen molar-refractivity contribution in [2.75, 3.05) is 0 Å². The zero-order valence-electron chi connectivity index (χ0n) is 9.04. The van der Waals surface area contributed by atoms with Gasteiger partial charge in [0.25, 0.3) is 0 Å². The maximum Gasteiger partial charge on any atom is 3.00 e. The van der Waals surface area contributed by atoms with Gasteiger partial charge in [0.1, 0.15) is 0 Å². The fourth-order valence-electron chi connectivity index (χ4n) is 0.970. The van der Waals surface area contributed by atoms with Gasteiger partial charge in [-0.2, -0.15) is 35.9 Å². The summed E-state index contributed by atoms with van der Waals surface area (Å²) >= 11 is 0. The van der Waals surface area contributed by atoms with E-state index in [-0.39, 0.29) is 19.5 Å². The summed E-state index contributed by atoms with van der Waals surface area (Å²) in [5.74, 6) is 0. The number of hydrogen-bond acceptors (Lipinski definition) is 0. The van der Waals surface area contributed by atoms with Crippen LogP contribution in [-0.4, -0.2) is 0 Å². The molecule has 0 saturated carbocycles. The molecule has 0 unspecified atom stereocenters. The summed E-state index contributed by atoms with van der Waals surface area (Å²) < 4.78 is 0. The molecule has 1 heteroatoms. The Hall–Kier alpha value is -0.937. The molecule has 0 nitrogen and oxygen atoms in total. The van der Waals surface area contributed by atoms with Gasteiger partial charge in [0, 0.05) is 0 Å². The van der Waals surface area contributed by atoms with Crippen LogP contribution in [0.5, 0.6) is 0 Å². The molecular weight excluding hydrogens is 269 g/mol. The van der Waals surface area contributed by atoms with Crippen LogP contribution in [0.15, 0.2) is 61.2 Å². The fraction of sp³-hybridized carbons (Fsp3) is 0.143. The van der Waals surface area contributed by atoms with Crippen molar-refractivity contribution in [3.05, 3.63) is 73.3 Å². The van der Waals surface area contributed by atoms with Crippen molar-refractivity contribution in [3.63, 3.8) is 0 Å². The first-order valence-electron chi connectivity index (χ1n) is 4.71. The van der Waals surface area contributed by atoms with Gasteiger partial charge in [0.15, 0.2) is 0 Å². The first kappa shape index (κ1) is 16.5. The van der Waals surface area contributed by atoms with Crippen LogP contribution in [0.3, 0.4) is 0 Å². The molecule has 0 saturated heterocycles. The van der Waals surface area contributed by atoms with Crippen molar-refractivity contribution < 1.29 is 19.5 Å². The van der Waals surface area contributed by atoms with Crippen molar-refractivity contribution in [3.8, 4) is 0 Å². The predicted molar refractivity (Wildman–Crippen MR) is 63.4 cm³/mol. The summed E-state index contributed by atoms with van der Waals surface area (Å²) in [6.45, 7) is 9.16. The second-order valence-corrected chi connectivity index (χ2v) is 2.61. The molecule has 0 spiro atoms. The van der Waals surface area contributed by atoms with Gasteiger partial charge in [0.05, 0.1) is 0 Å². The molecule has 0 aliphatic carbocycles. The Morgan fingerprint density at radius 2 is 1.53 bits per heavy atom. The molecule has 0 aromatic heterocycles. The van der Waals surface area contributed by atoms with Gasteiger partial charge in [0.2, 0.25) is 0 Å². The van der Waals surface area contributed by atoms with Crippen LogP contribution in [0.2, 0.25) is 0 Å². The third kappa shape index (κ3) is 9.37. The van der Waals surface area contributed by atoms with Gasteiger partial charge in [-0.3, -0.25) is 6.58 Å². The van der Waals surface area contributed by atoms with Crippen LogP contribution in [0.4, 0.5) is 0 Å². The zero-order valence-corrected chi connectivity index (χ0v) is 10.8. The molecule has 15 heavy (non-hydrogen) atoms. The predicted octanol–water partition coefficient (Wildman–Crippen LogP) is 3.98. The molecule has 1 radical (unpaired) electrons. The normalized spacial score (nSPS) is 7.27. The summed E-state index contributed by atoms with van der Waals surface area (Å²) in [5.41, 5.74) is 1.43. The Labute approximate surface area is 106 Å². The Bertz CT molecular complexity index is 249. The van der Waals surface area contributed by atoms with Gasteiger partial charge in [-0.15, -0.1) is 0 Å². The first-order valence-corrected chi connectivity index (χ1v) is 4.71. The summed E-state index contributed by atoms with van der Waals surface area (Å²) in [5, 5.41) is 0. The van der Waals surface area contributed by atoms with E-state index >= 15 is 0 Å². The Kier molecular flexibility index (Phi) is 14.4. The molecule has 0 aliphatic rings. The number of hydrogen-bond donors (Lipinski definition) is 0. The van der Waals surface area contributed by atoms with Crippen LogP contribution in [0.1, 0.15) is 12.5 Å². The second-order valence-electron chi connectivity index (χ2n) is 2.61. The van der Waals surface area contributed by atoms with Crippen LogP contribution in [0.25, 0.3) is 0 Å². The molecule has 0 amide bonds. The summed E-state index contributed by atoms with van der Waals surface area (Å²) in [4.78, 5) is 0. The van der Waals surface area contributed by atoms with Gasteiger partial charge >= 0.3 is 19.5 Å². The van der Waals surface area contributed by atoms with Gasteiger partial charge < -0.3 is 6.58 Å². The molecule has 0 atom stereocenters. The maximum absolute atomic E-state index is 4.25. The molecule has 0 heterocycles. The third-order valence-corrected chi connectivity index (χ3v) is 1.70. The summed E-state index contributed by atoms with van der Waals surface area (Å²) in [7, 11) is 0.